The molecule has 0 aliphatic carbocycles. The van der Waals surface area contributed by atoms with Crippen molar-refractivity contribution in [2.75, 3.05) is 14.2 Å². The van der Waals surface area contributed by atoms with Gasteiger partial charge in [0.15, 0.2) is 11.5 Å². The Morgan fingerprint density at radius 2 is 1.56 bits per heavy atom. The lowest BCUT2D eigenvalue weighted by Crippen LogP contribution is -1.98. The number of benzene rings is 2. The van der Waals surface area contributed by atoms with Crippen LogP contribution in [0.2, 0.25) is 0 Å². The molecule has 0 fully saturated rings. The lowest BCUT2D eigenvalue weighted by molar-refractivity contribution is 0.351. The number of aryl methyl sites for hydroxylation is 2. The Balaban J connectivity index is 2.14. The fraction of sp³-hybridized carbons (Fsp3) is 0.250. The molecule has 0 N–H and O–H groups in total. The molecule has 0 unspecified atom stereocenters. The van der Waals surface area contributed by atoms with Gasteiger partial charge in [0.25, 0.3) is 0 Å². The molecular formula is C16H18O2. The SMILES string of the molecule is COc1cccc(CCc2ccccc2)c1OC. The van der Waals surface area contributed by atoms with E-state index in [1.165, 1.54) is 11.1 Å². The minimum atomic E-state index is 0.795. The Kier molecular flexibility index (Phi) is 4.24. The van der Waals surface area contributed by atoms with Crippen LogP contribution in [0.15, 0.2) is 48.5 Å². The summed E-state index contributed by atoms with van der Waals surface area (Å²) >= 11 is 0. The van der Waals surface area contributed by atoms with Crippen LogP contribution in [0.4, 0.5) is 0 Å². The van der Waals surface area contributed by atoms with E-state index in [4.69, 9.17) is 9.47 Å². The molecule has 2 nitrogen and oxygen atoms in total. The smallest absolute Gasteiger partial charge is 0.163 e. The first kappa shape index (κ1) is 12.5. The largest absolute Gasteiger partial charge is 0.493 e. The van der Waals surface area contributed by atoms with E-state index in [1.54, 1.807) is 14.2 Å². The highest BCUT2D eigenvalue weighted by molar-refractivity contribution is 5.46. The molecule has 0 aliphatic rings. The van der Waals surface area contributed by atoms with E-state index in [2.05, 4.69) is 30.3 Å². The standard InChI is InChI=1S/C16H18O2/c1-17-15-10-6-9-14(16(15)18-2)12-11-13-7-4-3-5-8-13/h3-10H,11-12H2,1-2H3. The second-order valence-corrected chi connectivity index (χ2v) is 4.14. The number of rotatable bonds is 5. The van der Waals surface area contributed by atoms with E-state index >= 15 is 0 Å². The first-order valence-electron chi connectivity index (χ1n) is 6.09. The molecule has 0 bridgehead atoms. The number of hydrogen-bond donors (Lipinski definition) is 0. The minimum absolute atomic E-state index is 0.795. The molecule has 0 saturated carbocycles. The molecule has 0 heterocycles. The van der Waals surface area contributed by atoms with E-state index in [0.29, 0.717) is 0 Å². The van der Waals surface area contributed by atoms with Crippen LogP contribution in [-0.2, 0) is 12.8 Å². The molecule has 94 valence electrons. The van der Waals surface area contributed by atoms with Crippen molar-refractivity contribution in [2.24, 2.45) is 0 Å². The molecule has 0 saturated heterocycles. The van der Waals surface area contributed by atoms with Crippen LogP contribution in [0.5, 0.6) is 11.5 Å². The maximum atomic E-state index is 5.43. The van der Waals surface area contributed by atoms with Crippen molar-refractivity contribution in [3.05, 3.63) is 59.7 Å². The van der Waals surface area contributed by atoms with Gasteiger partial charge in [0, 0.05) is 0 Å². The predicted octanol–water partition coefficient (Wildman–Crippen LogP) is 3.49. The second kappa shape index (κ2) is 6.10. The van der Waals surface area contributed by atoms with E-state index in [0.717, 1.165) is 24.3 Å². The molecule has 0 aromatic heterocycles. The normalized spacial score (nSPS) is 10.1. The van der Waals surface area contributed by atoms with Gasteiger partial charge in [-0.3, -0.25) is 0 Å². The number of ether oxygens (including phenoxy) is 2. The van der Waals surface area contributed by atoms with Crippen LogP contribution in [0.25, 0.3) is 0 Å². The van der Waals surface area contributed by atoms with Gasteiger partial charge in [-0.2, -0.15) is 0 Å². The van der Waals surface area contributed by atoms with E-state index in [-0.39, 0.29) is 0 Å². The summed E-state index contributed by atoms with van der Waals surface area (Å²) in [4.78, 5) is 0. The van der Waals surface area contributed by atoms with Gasteiger partial charge in [0.1, 0.15) is 0 Å². The summed E-state index contributed by atoms with van der Waals surface area (Å²) in [6.07, 6.45) is 1.95. The molecule has 0 radical (unpaired) electrons. The maximum absolute atomic E-state index is 5.43. The van der Waals surface area contributed by atoms with E-state index in [9.17, 15) is 0 Å². The van der Waals surface area contributed by atoms with Crippen molar-refractivity contribution >= 4 is 0 Å². The summed E-state index contributed by atoms with van der Waals surface area (Å²) in [6, 6.07) is 16.5. The van der Waals surface area contributed by atoms with Gasteiger partial charge < -0.3 is 9.47 Å². The lowest BCUT2D eigenvalue weighted by atomic mass is 10.0. The Hall–Kier alpha value is -1.96. The highest BCUT2D eigenvalue weighted by atomic mass is 16.5. The maximum Gasteiger partial charge on any atom is 0.163 e. The zero-order valence-electron chi connectivity index (χ0n) is 10.8. The van der Waals surface area contributed by atoms with Gasteiger partial charge in [0.2, 0.25) is 0 Å². The Morgan fingerprint density at radius 3 is 2.22 bits per heavy atom. The third-order valence-corrected chi connectivity index (χ3v) is 3.01. The predicted molar refractivity (Wildman–Crippen MR) is 73.4 cm³/mol. The molecular weight excluding hydrogens is 224 g/mol. The molecule has 0 amide bonds. The first-order chi connectivity index (χ1) is 8.85. The van der Waals surface area contributed by atoms with Gasteiger partial charge in [-0.1, -0.05) is 42.5 Å². The Labute approximate surface area is 108 Å². The molecule has 18 heavy (non-hydrogen) atoms. The van der Waals surface area contributed by atoms with Crippen molar-refractivity contribution in [3.8, 4) is 11.5 Å². The zero-order valence-corrected chi connectivity index (χ0v) is 10.8. The third-order valence-electron chi connectivity index (χ3n) is 3.01. The van der Waals surface area contributed by atoms with Crippen LogP contribution >= 0.6 is 0 Å². The number of para-hydroxylation sites is 1. The lowest BCUT2D eigenvalue weighted by Gasteiger charge is -2.12. The summed E-state index contributed by atoms with van der Waals surface area (Å²) in [5.74, 6) is 1.64. The number of methoxy groups -OCH3 is 2. The van der Waals surface area contributed by atoms with Gasteiger partial charge in [-0.15, -0.1) is 0 Å². The molecule has 2 aromatic rings. The second-order valence-electron chi connectivity index (χ2n) is 4.14. The summed E-state index contributed by atoms with van der Waals surface area (Å²) in [5.41, 5.74) is 2.52. The topological polar surface area (TPSA) is 18.5 Å². The van der Waals surface area contributed by atoms with E-state index in [1.807, 2.05) is 18.2 Å². The highest BCUT2D eigenvalue weighted by Gasteiger charge is 2.08. The average molecular weight is 242 g/mol. The highest BCUT2D eigenvalue weighted by Crippen LogP contribution is 2.31. The molecule has 2 aromatic carbocycles. The average Bonchev–Trinajstić information content (AvgIpc) is 2.45. The van der Waals surface area contributed by atoms with Crippen LogP contribution < -0.4 is 9.47 Å². The van der Waals surface area contributed by atoms with Crippen LogP contribution in [0.3, 0.4) is 0 Å². The first-order valence-corrected chi connectivity index (χ1v) is 6.09. The van der Waals surface area contributed by atoms with Crippen molar-refractivity contribution < 1.29 is 9.47 Å². The Morgan fingerprint density at radius 1 is 0.778 bits per heavy atom. The fourth-order valence-electron chi connectivity index (χ4n) is 2.07. The fourth-order valence-corrected chi connectivity index (χ4v) is 2.07. The minimum Gasteiger partial charge on any atom is -0.493 e. The molecule has 0 atom stereocenters. The van der Waals surface area contributed by atoms with Crippen LogP contribution in [0, 0.1) is 0 Å². The third kappa shape index (κ3) is 2.83. The summed E-state index contributed by atoms with van der Waals surface area (Å²) in [5, 5.41) is 0. The molecule has 0 aliphatic heterocycles. The van der Waals surface area contributed by atoms with Crippen molar-refractivity contribution in [2.45, 2.75) is 12.8 Å². The molecule has 0 spiro atoms. The van der Waals surface area contributed by atoms with Gasteiger partial charge in [-0.05, 0) is 30.0 Å². The summed E-state index contributed by atoms with van der Waals surface area (Å²) < 4.78 is 10.7. The van der Waals surface area contributed by atoms with E-state index < -0.39 is 0 Å². The van der Waals surface area contributed by atoms with Crippen LogP contribution in [0.1, 0.15) is 11.1 Å². The van der Waals surface area contributed by atoms with Gasteiger partial charge >= 0.3 is 0 Å². The Bertz CT molecular complexity index is 492. The van der Waals surface area contributed by atoms with Gasteiger partial charge in [0.05, 0.1) is 14.2 Å². The monoisotopic (exact) mass is 242 g/mol. The summed E-state index contributed by atoms with van der Waals surface area (Å²) in [7, 11) is 3.35. The van der Waals surface area contributed by atoms with Crippen molar-refractivity contribution in [1.29, 1.82) is 0 Å². The molecule has 2 heteroatoms. The zero-order chi connectivity index (χ0) is 12.8. The van der Waals surface area contributed by atoms with Crippen molar-refractivity contribution in [1.82, 2.24) is 0 Å². The van der Waals surface area contributed by atoms with Gasteiger partial charge in [-0.25, -0.2) is 0 Å². The number of hydrogen-bond acceptors (Lipinski definition) is 2. The quantitative estimate of drug-likeness (QED) is 0.799. The van der Waals surface area contributed by atoms with Crippen LogP contribution in [-0.4, -0.2) is 14.2 Å². The van der Waals surface area contributed by atoms with Crippen molar-refractivity contribution in [3.63, 3.8) is 0 Å². The molecule has 2 rings (SSSR count). The summed E-state index contributed by atoms with van der Waals surface area (Å²) in [6.45, 7) is 0.